The van der Waals surface area contributed by atoms with Gasteiger partial charge in [-0.05, 0) is 6.92 Å². The fourth-order valence-electron chi connectivity index (χ4n) is 1.08. The molecule has 0 bridgehead atoms. The van der Waals surface area contributed by atoms with Crippen molar-refractivity contribution >= 4 is 31.6 Å². The molecule has 3 nitrogen and oxygen atoms in total. The molecule has 0 spiro atoms. The molecule has 1 atom stereocenters. The van der Waals surface area contributed by atoms with Gasteiger partial charge in [0, 0.05) is 11.2 Å². The lowest BCUT2D eigenvalue weighted by Crippen LogP contribution is -2.44. The molecule has 0 rings (SSSR count). The molecular weight excluding hydrogens is 268 g/mol. The summed E-state index contributed by atoms with van der Waals surface area (Å²) in [4.78, 5) is 11.9. The van der Waals surface area contributed by atoms with Gasteiger partial charge < -0.3 is 0 Å². The highest BCUT2D eigenvalue weighted by Crippen LogP contribution is 2.34. The van der Waals surface area contributed by atoms with Crippen LogP contribution in [0.15, 0.2) is 0 Å². The summed E-state index contributed by atoms with van der Waals surface area (Å²) >= 11 is 3.03. The van der Waals surface area contributed by atoms with Crippen LogP contribution in [-0.2, 0) is 14.6 Å². The van der Waals surface area contributed by atoms with Crippen molar-refractivity contribution in [3.63, 3.8) is 0 Å². The number of hydrogen-bond donors (Lipinski definition) is 0. The highest BCUT2D eigenvalue weighted by atomic mass is 79.9. The SMILES string of the molecule is CCS(=O)(=O)[C@](C)(Br)C(=O)C(C)(C)C. The summed E-state index contributed by atoms with van der Waals surface area (Å²) in [6.45, 7) is 8.06. The zero-order chi connectivity index (χ0) is 11.8. The van der Waals surface area contributed by atoms with E-state index in [9.17, 15) is 13.2 Å². The Balaban J connectivity index is 5.30. The maximum absolute atomic E-state index is 11.9. The molecule has 0 heterocycles. The zero-order valence-electron chi connectivity index (χ0n) is 9.22. The number of sulfone groups is 1. The molecule has 0 aliphatic carbocycles. The topological polar surface area (TPSA) is 51.2 Å². The van der Waals surface area contributed by atoms with Crippen molar-refractivity contribution in [2.45, 2.75) is 38.3 Å². The molecule has 0 aromatic heterocycles. The molecule has 0 aromatic carbocycles. The normalized spacial score (nSPS) is 17.6. The first-order chi connectivity index (χ1) is 5.97. The summed E-state index contributed by atoms with van der Waals surface area (Å²) in [5.41, 5.74) is -0.666. The third-order valence-corrected chi connectivity index (χ3v) is 6.00. The molecule has 0 N–H and O–H groups in total. The first-order valence-corrected chi connectivity index (χ1v) is 6.87. The van der Waals surface area contributed by atoms with E-state index in [1.54, 1.807) is 20.8 Å². The van der Waals surface area contributed by atoms with E-state index in [0.717, 1.165) is 0 Å². The lowest BCUT2D eigenvalue weighted by atomic mass is 9.89. The van der Waals surface area contributed by atoms with Gasteiger partial charge in [0.1, 0.15) is 0 Å². The number of ketones is 1. The minimum absolute atomic E-state index is 0.0451. The maximum Gasteiger partial charge on any atom is 0.182 e. The highest BCUT2D eigenvalue weighted by molar-refractivity contribution is 9.12. The van der Waals surface area contributed by atoms with Gasteiger partial charge in [-0.15, -0.1) is 0 Å². The molecule has 5 heteroatoms. The van der Waals surface area contributed by atoms with E-state index in [4.69, 9.17) is 0 Å². The first kappa shape index (κ1) is 14.1. The molecule has 0 radical (unpaired) electrons. The van der Waals surface area contributed by atoms with E-state index in [1.807, 2.05) is 0 Å². The zero-order valence-corrected chi connectivity index (χ0v) is 11.6. The van der Waals surface area contributed by atoms with Crippen molar-refractivity contribution in [2.75, 3.05) is 5.75 Å². The summed E-state index contributed by atoms with van der Waals surface area (Å²) in [5, 5.41) is 0. The smallest absolute Gasteiger partial charge is 0.182 e. The molecular formula is C9H17BrO3S. The predicted octanol–water partition coefficient (Wildman–Crippen LogP) is 2.15. The molecule has 14 heavy (non-hydrogen) atoms. The van der Waals surface area contributed by atoms with Crippen LogP contribution in [0.1, 0.15) is 34.6 Å². The fourth-order valence-corrected chi connectivity index (χ4v) is 3.49. The van der Waals surface area contributed by atoms with Gasteiger partial charge in [0.05, 0.1) is 0 Å². The largest absolute Gasteiger partial charge is 0.296 e. The number of rotatable bonds is 3. The Morgan fingerprint density at radius 2 is 1.57 bits per heavy atom. The molecule has 0 aromatic rings. The number of Topliss-reactive ketones (excluding diaryl/α,β-unsaturated/α-hetero) is 1. The van der Waals surface area contributed by atoms with Gasteiger partial charge in [-0.1, -0.05) is 43.6 Å². The van der Waals surface area contributed by atoms with Crippen LogP contribution in [0.4, 0.5) is 0 Å². The molecule has 84 valence electrons. The summed E-state index contributed by atoms with van der Waals surface area (Å²) < 4.78 is 21.8. The predicted molar refractivity (Wildman–Crippen MR) is 61.3 cm³/mol. The Kier molecular flexibility index (Phi) is 3.96. The second-order valence-corrected chi connectivity index (χ2v) is 9.13. The Morgan fingerprint density at radius 1 is 1.21 bits per heavy atom. The van der Waals surface area contributed by atoms with Gasteiger partial charge in [0.25, 0.3) is 0 Å². The Bertz CT molecular complexity index is 322. The molecule has 0 aliphatic heterocycles. The summed E-state index contributed by atoms with van der Waals surface area (Å²) in [7, 11) is -3.41. The van der Waals surface area contributed by atoms with Gasteiger partial charge in [-0.3, -0.25) is 4.79 Å². The van der Waals surface area contributed by atoms with Crippen molar-refractivity contribution in [1.82, 2.24) is 0 Å². The minimum atomic E-state index is -3.41. The van der Waals surface area contributed by atoms with E-state index in [-0.39, 0.29) is 11.5 Å². The van der Waals surface area contributed by atoms with Crippen LogP contribution < -0.4 is 0 Å². The monoisotopic (exact) mass is 284 g/mol. The van der Waals surface area contributed by atoms with Crippen LogP contribution in [0.3, 0.4) is 0 Å². The van der Waals surface area contributed by atoms with Crippen LogP contribution in [0.5, 0.6) is 0 Å². The highest BCUT2D eigenvalue weighted by Gasteiger charge is 2.46. The van der Waals surface area contributed by atoms with Gasteiger partial charge in [-0.2, -0.15) is 0 Å². The third kappa shape index (κ3) is 2.57. The van der Waals surface area contributed by atoms with Gasteiger partial charge >= 0.3 is 0 Å². The number of alkyl halides is 1. The number of hydrogen-bond acceptors (Lipinski definition) is 3. The van der Waals surface area contributed by atoms with Crippen LogP contribution in [0.25, 0.3) is 0 Å². The summed E-state index contributed by atoms with van der Waals surface area (Å²) in [5.74, 6) is -0.358. The average Bonchev–Trinajstić information content (AvgIpc) is 2.01. The van der Waals surface area contributed by atoms with Crippen molar-refractivity contribution in [3.05, 3.63) is 0 Å². The van der Waals surface area contributed by atoms with E-state index in [0.29, 0.717) is 0 Å². The Hall–Kier alpha value is 0.1000. The molecule has 0 amide bonds. The van der Waals surface area contributed by atoms with Crippen LogP contribution in [-0.4, -0.2) is 23.6 Å². The van der Waals surface area contributed by atoms with E-state index in [2.05, 4.69) is 15.9 Å². The van der Waals surface area contributed by atoms with Crippen LogP contribution in [0.2, 0.25) is 0 Å². The molecule has 0 saturated heterocycles. The standard InChI is InChI=1S/C9H17BrO3S/c1-6-14(12,13)9(5,10)7(11)8(2,3)4/h6H2,1-5H3/t9-/m0/s1. The van der Waals surface area contributed by atoms with E-state index in [1.165, 1.54) is 13.8 Å². The average molecular weight is 285 g/mol. The molecule has 0 unspecified atom stereocenters. The number of halogens is 1. The van der Waals surface area contributed by atoms with Crippen LogP contribution >= 0.6 is 15.9 Å². The quantitative estimate of drug-likeness (QED) is 0.746. The van der Waals surface area contributed by atoms with Crippen molar-refractivity contribution in [1.29, 1.82) is 0 Å². The maximum atomic E-state index is 11.9. The van der Waals surface area contributed by atoms with Gasteiger partial charge in [-0.25, -0.2) is 8.42 Å². The summed E-state index contributed by atoms with van der Waals surface area (Å²) in [6.07, 6.45) is 0. The second-order valence-electron chi connectivity index (χ2n) is 4.40. The number of carbonyl (C=O) groups excluding carboxylic acids is 1. The van der Waals surface area contributed by atoms with Crippen molar-refractivity contribution < 1.29 is 13.2 Å². The Labute approximate surface area is 94.3 Å². The van der Waals surface area contributed by atoms with Gasteiger partial charge in [0.15, 0.2) is 19.3 Å². The lowest BCUT2D eigenvalue weighted by molar-refractivity contribution is -0.126. The molecule has 0 fully saturated rings. The minimum Gasteiger partial charge on any atom is -0.296 e. The van der Waals surface area contributed by atoms with Crippen molar-refractivity contribution in [3.8, 4) is 0 Å². The molecule has 0 aliphatic rings. The van der Waals surface area contributed by atoms with Crippen LogP contribution in [0, 0.1) is 5.41 Å². The summed E-state index contributed by atoms with van der Waals surface area (Å²) in [6, 6.07) is 0. The molecule has 0 saturated carbocycles. The van der Waals surface area contributed by atoms with E-state index < -0.39 is 18.9 Å². The second kappa shape index (κ2) is 3.93. The van der Waals surface area contributed by atoms with Crippen molar-refractivity contribution in [2.24, 2.45) is 5.41 Å². The first-order valence-electron chi connectivity index (χ1n) is 4.43. The van der Waals surface area contributed by atoms with Gasteiger partial charge in [0.2, 0.25) is 0 Å². The fraction of sp³-hybridized carbons (Fsp3) is 0.889. The van der Waals surface area contributed by atoms with E-state index >= 15 is 0 Å². The Morgan fingerprint density at radius 3 is 1.79 bits per heavy atom. The number of carbonyl (C=O) groups is 1. The third-order valence-electron chi connectivity index (χ3n) is 2.05. The lowest BCUT2D eigenvalue weighted by Gasteiger charge is -2.28.